The monoisotopic (exact) mass is 410 g/mol. The Kier molecular flexibility index (Phi) is 6.15. The van der Waals surface area contributed by atoms with E-state index in [-0.39, 0.29) is 12.1 Å². The van der Waals surface area contributed by atoms with Gasteiger partial charge >= 0.3 is 6.09 Å². The average Bonchev–Trinajstić information content (AvgIpc) is 3.14. The van der Waals surface area contributed by atoms with Crippen LogP contribution in [0.2, 0.25) is 0 Å². The van der Waals surface area contributed by atoms with Gasteiger partial charge in [0.15, 0.2) is 0 Å². The Hall–Kier alpha value is -2.71. The summed E-state index contributed by atoms with van der Waals surface area (Å²) in [6, 6.07) is 11.5. The Labute approximate surface area is 177 Å². The third kappa shape index (κ3) is 4.88. The third-order valence-corrected chi connectivity index (χ3v) is 5.54. The second-order valence-electron chi connectivity index (χ2n) is 8.27. The number of rotatable bonds is 6. The summed E-state index contributed by atoms with van der Waals surface area (Å²) in [5, 5.41) is 6.91. The molecule has 1 aromatic carbocycles. The molecule has 0 radical (unpaired) electrons. The van der Waals surface area contributed by atoms with Crippen molar-refractivity contribution in [1.82, 2.24) is 20.2 Å². The molecule has 3 unspecified atom stereocenters. The van der Waals surface area contributed by atoms with Gasteiger partial charge in [-0.2, -0.15) is 4.98 Å². The predicted molar refractivity (Wildman–Crippen MR) is 117 cm³/mol. The molecule has 0 spiro atoms. The summed E-state index contributed by atoms with van der Waals surface area (Å²) < 4.78 is 4.99. The van der Waals surface area contributed by atoms with E-state index in [4.69, 9.17) is 4.74 Å². The van der Waals surface area contributed by atoms with Crippen LogP contribution in [0, 0.1) is 0 Å². The van der Waals surface area contributed by atoms with Gasteiger partial charge in [-0.3, -0.25) is 9.80 Å². The number of nitrogens with zero attached hydrogens (tertiary/aromatic N) is 4. The van der Waals surface area contributed by atoms with Crippen molar-refractivity contribution in [2.75, 3.05) is 36.5 Å². The summed E-state index contributed by atoms with van der Waals surface area (Å²) in [4.78, 5) is 24.5. The van der Waals surface area contributed by atoms with Crippen LogP contribution in [0.15, 0.2) is 36.5 Å². The Morgan fingerprint density at radius 1 is 1.20 bits per heavy atom. The SMILES string of the molecule is CC1CN(Cc2ccc(C(C)Nc3nccc(N4CCOC4=O)n3)cc2)CC(C)N1. The highest BCUT2D eigenvalue weighted by Crippen LogP contribution is 2.21. The number of piperazine rings is 1. The van der Waals surface area contributed by atoms with Gasteiger partial charge in [0.25, 0.3) is 0 Å². The van der Waals surface area contributed by atoms with Crippen molar-refractivity contribution in [2.45, 2.75) is 45.4 Å². The van der Waals surface area contributed by atoms with Gasteiger partial charge in [0.1, 0.15) is 12.4 Å². The lowest BCUT2D eigenvalue weighted by Gasteiger charge is -2.36. The molecule has 160 valence electrons. The second-order valence-corrected chi connectivity index (χ2v) is 8.27. The zero-order valence-electron chi connectivity index (χ0n) is 17.8. The lowest BCUT2D eigenvalue weighted by Crippen LogP contribution is -2.53. The molecule has 3 atom stereocenters. The smallest absolute Gasteiger partial charge is 0.415 e. The molecule has 2 aromatic rings. The summed E-state index contributed by atoms with van der Waals surface area (Å²) in [5.74, 6) is 1.05. The number of ether oxygens (including phenoxy) is 1. The van der Waals surface area contributed by atoms with E-state index in [0.29, 0.717) is 37.0 Å². The first-order valence-electron chi connectivity index (χ1n) is 10.6. The van der Waals surface area contributed by atoms with Gasteiger partial charge in [-0.15, -0.1) is 0 Å². The molecule has 2 fully saturated rings. The number of aromatic nitrogens is 2. The Balaban J connectivity index is 1.37. The first kappa shape index (κ1) is 20.6. The maximum Gasteiger partial charge on any atom is 0.415 e. The minimum Gasteiger partial charge on any atom is -0.447 e. The van der Waals surface area contributed by atoms with Gasteiger partial charge < -0.3 is 15.4 Å². The molecule has 30 heavy (non-hydrogen) atoms. The van der Waals surface area contributed by atoms with Crippen molar-refractivity contribution < 1.29 is 9.53 Å². The highest BCUT2D eigenvalue weighted by molar-refractivity contribution is 5.88. The second kappa shape index (κ2) is 8.97. The molecule has 0 saturated carbocycles. The van der Waals surface area contributed by atoms with Crippen molar-refractivity contribution in [2.24, 2.45) is 0 Å². The average molecular weight is 411 g/mol. The maximum atomic E-state index is 11.8. The number of cyclic esters (lactones) is 1. The maximum absolute atomic E-state index is 11.8. The van der Waals surface area contributed by atoms with Gasteiger partial charge in [0, 0.05) is 37.9 Å². The van der Waals surface area contributed by atoms with Crippen LogP contribution in [0.5, 0.6) is 0 Å². The molecule has 1 aromatic heterocycles. The van der Waals surface area contributed by atoms with Gasteiger partial charge in [0.05, 0.1) is 12.6 Å². The van der Waals surface area contributed by atoms with Gasteiger partial charge in [-0.05, 0) is 38.0 Å². The fourth-order valence-corrected chi connectivity index (χ4v) is 4.19. The molecule has 0 aliphatic carbocycles. The minimum atomic E-state index is -0.364. The molecule has 2 saturated heterocycles. The normalized spacial score (nSPS) is 23.3. The number of anilines is 2. The minimum absolute atomic E-state index is 0.0408. The predicted octanol–water partition coefficient (Wildman–Crippen LogP) is 2.79. The van der Waals surface area contributed by atoms with Crippen LogP contribution in [0.25, 0.3) is 0 Å². The summed E-state index contributed by atoms with van der Waals surface area (Å²) in [6.45, 7) is 10.6. The number of benzene rings is 1. The zero-order chi connectivity index (χ0) is 21.1. The van der Waals surface area contributed by atoms with Crippen LogP contribution in [-0.2, 0) is 11.3 Å². The van der Waals surface area contributed by atoms with Crippen LogP contribution in [0.4, 0.5) is 16.6 Å². The third-order valence-electron chi connectivity index (χ3n) is 5.54. The van der Waals surface area contributed by atoms with Crippen LogP contribution in [0.1, 0.15) is 37.9 Å². The standard InChI is InChI=1S/C22H30N6O2/c1-15-12-27(13-16(2)24-15)14-18-4-6-19(7-5-18)17(3)25-21-23-9-8-20(26-21)28-10-11-30-22(28)29/h4-9,15-17,24H,10-14H2,1-3H3,(H,23,25,26). The Bertz CT molecular complexity index is 864. The van der Waals surface area contributed by atoms with E-state index in [1.165, 1.54) is 10.5 Å². The van der Waals surface area contributed by atoms with Gasteiger partial charge in [-0.1, -0.05) is 24.3 Å². The van der Waals surface area contributed by atoms with E-state index in [1.807, 2.05) is 0 Å². The molecule has 2 aliphatic rings. The number of hydrogen-bond acceptors (Lipinski definition) is 7. The highest BCUT2D eigenvalue weighted by Gasteiger charge is 2.25. The lowest BCUT2D eigenvalue weighted by atomic mass is 10.0. The first-order chi connectivity index (χ1) is 14.5. The van der Waals surface area contributed by atoms with E-state index in [2.05, 4.69) is 70.5 Å². The van der Waals surface area contributed by atoms with E-state index < -0.39 is 0 Å². The number of amides is 1. The van der Waals surface area contributed by atoms with Gasteiger partial charge in [0.2, 0.25) is 5.95 Å². The number of carbonyl (C=O) groups excluding carboxylic acids is 1. The van der Waals surface area contributed by atoms with Crippen molar-refractivity contribution >= 4 is 17.9 Å². The molecular formula is C22H30N6O2. The van der Waals surface area contributed by atoms with Crippen molar-refractivity contribution in [3.8, 4) is 0 Å². The lowest BCUT2D eigenvalue weighted by molar-refractivity contribution is 0.166. The Morgan fingerprint density at radius 2 is 1.93 bits per heavy atom. The van der Waals surface area contributed by atoms with Crippen LogP contribution < -0.4 is 15.5 Å². The molecular weight excluding hydrogens is 380 g/mol. The van der Waals surface area contributed by atoms with E-state index >= 15 is 0 Å². The number of hydrogen-bond donors (Lipinski definition) is 2. The molecule has 8 nitrogen and oxygen atoms in total. The van der Waals surface area contributed by atoms with Crippen molar-refractivity contribution in [3.05, 3.63) is 47.7 Å². The molecule has 1 amide bonds. The largest absolute Gasteiger partial charge is 0.447 e. The van der Waals surface area contributed by atoms with E-state index in [0.717, 1.165) is 25.2 Å². The Morgan fingerprint density at radius 3 is 2.60 bits per heavy atom. The molecule has 4 rings (SSSR count). The van der Waals surface area contributed by atoms with E-state index in [1.54, 1.807) is 12.3 Å². The van der Waals surface area contributed by atoms with Gasteiger partial charge in [-0.25, -0.2) is 9.78 Å². The van der Waals surface area contributed by atoms with Crippen LogP contribution in [-0.4, -0.2) is 59.3 Å². The summed E-state index contributed by atoms with van der Waals surface area (Å²) in [5.41, 5.74) is 2.48. The number of carbonyl (C=O) groups is 1. The summed E-state index contributed by atoms with van der Waals surface area (Å²) in [6.07, 6.45) is 1.29. The molecule has 3 heterocycles. The molecule has 8 heteroatoms. The molecule has 2 N–H and O–H groups in total. The molecule has 0 bridgehead atoms. The van der Waals surface area contributed by atoms with Crippen molar-refractivity contribution in [1.29, 1.82) is 0 Å². The highest BCUT2D eigenvalue weighted by atomic mass is 16.6. The van der Waals surface area contributed by atoms with Crippen LogP contribution >= 0.6 is 0 Å². The van der Waals surface area contributed by atoms with Crippen LogP contribution in [0.3, 0.4) is 0 Å². The number of nitrogens with one attached hydrogen (secondary N) is 2. The van der Waals surface area contributed by atoms with Crippen molar-refractivity contribution in [3.63, 3.8) is 0 Å². The summed E-state index contributed by atoms with van der Waals surface area (Å²) in [7, 11) is 0. The zero-order valence-corrected chi connectivity index (χ0v) is 17.8. The first-order valence-corrected chi connectivity index (χ1v) is 10.6. The molecule has 2 aliphatic heterocycles. The fraction of sp³-hybridized carbons (Fsp3) is 0.500. The summed E-state index contributed by atoms with van der Waals surface area (Å²) >= 11 is 0. The van der Waals surface area contributed by atoms with E-state index in [9.17, 15) is 4.79 Å². The topological polar surface area (TPSA) is 82.6 Å². The quantitative estimate of drug-likeness (QED) is 0.758. The fourth-order valence-electron chi connectivity index (χ4n) is 4.19.